The maximum absolute atomic E-state index is 12.2. The molecule has 6 nitrogen and oxygen atoms in total. The first kappa shape index (κ1) is 15.0. The molecule has 1 aromatic carbocycles. The van der Waals surface area contributed by atoms with Gasteiger partial charge in [0.25, 0.3) is 0 Å². The summed E-state index contributed by atoms with van der Waals surface area (Å²) in [5.74, 6) is 0.165. The third kappa shape index (κ3) is 2.39. The van der Waals surface area contributed by atoms with Gasteiger partial charge in [-0.15, -0.1) is 0 Å². The van der Waals surface area contributed by atoms with Crippen molar-refractivity contribution in [3.8, 4) is 0 Å². The number of likely N-dealkylation sites (tertiary alicyclic amines) is 1. The van der Waals surface area contributed by atoms with Crippen LogP contribution < -0.4 is 5.32 Å². The van der Waals surface area contributed by atoms with Crippen LogP contribution in [0, 0.1) is 0 Å². The number of likely N-dealkylation sites (N-methyl/N-ethyl adjacent to an activating group) is 1. The van der Waals surface area contributed by atoms with Crippen LogP contribution in [0.25, 0.3) is 10.9 Å². The van der Waals surface area contributed by atoms with Crippen molar-refractivity contribution in [1.29, 1.82) is 0 Å². The summed E-state index contributed by atoms with van der Waals surface area (Å²) < 4.78 is 1.85. The zero-order valence-corrected chi connectivity index (χ0v) is 13.9. The zero-order valence-electron chi connectivity index (χ0n) is 13.9. The van der Waals surface area contributed by atoms with Crippen molar-refractivity contribution in [3.05, 3.63) is 54.0 Å². The Kier molecular flexibility index (Phi) is 3.61. The van der Waals surface area contributed by atoms with Gasteiger partial charge >= 0.3 is 0 Å². The highest BCUT2D eigenvalue weighted by Gasteiger charge is 2.39. The van der Waals surface area contributed by atoms with E-state index in [0.717, 1.165) is 17.8 Å². The van der Waals surface area contributed by atoms with E-state index < -0.39 is 0 Å². The number of aromatic amines is 1. The van der Waals surface area contributed by atoms with Crippen LogP contribution in [-0.4, -0.2) is 38.7 Å². The summed E-state index contributed by atoms with van der Waals surface area (Å²) in [7, 11) is 3.79. The molecule has 0 unspecified atom stereocenters. The highest BCUT2D eigenvalue weighted by molar-refractivity contribution is 5.83. The SMILES string of the molecule is CN1C(=O)C[C@@H](NCc2cccc3[nH]ccc23)[C@@H]1c1ccnn1C. The first-order valence-electron chi connectivity index (χ1n) is 8.17. The van der Waals surface area contributed by atoms with Crippen molar-refractivity contribution >= 4 is 16.8 Å². The van der Waals surface area contributed by atoms with E-state index in [1.165, 1.54) is 10.9 Å². The number of rotatable bonds is 4. The normalized spacial score (nSPS) is 21.1. The van der Waals surface area contributed by atoms with E-state index in [9.17, 15) is 4.79 Å². The Morgan fingerprint density at radius 2 is 2.17 bits per heavy atom. The van der Waals surface area contributed by atoms with Crippen LogP contribution in [0.1, 0.15) is 23.7 Å². The third-order valence-corrected chi connectivity index (χ3v) is 4.99. The molecule has 1 amide bonds. The maximum Gasteiger partial charge on any atom is 0.224 e. The lowest BCUT2D eigenvalue weighted by Crippen LogP contribution is -2.35. The van der Waals surface area contributed by atoms with Crippen molar-refractivity contribution in [2.24, 2.45) is 7.05 Å². The number of aromatic nitrogens is 3. The van der Waals surface area contributed by atoms with E-state index in [0.29, 0.717) is 6.42 Å². The van der Waals surface area contributed by atoms with Crippen LogP contribution in [0.3, 0.4) is 0 Å². The van der Waals surface area contributed by atoms with Gasteiger partial charge in [0.1, 0.15) is 0 Å². The molecule has 124 valence electrons. The number of nitrogens with one attached hydrogen (secondary N) is 2. The molecule has 2 atom stereocenters. The Balaban J connectivity index is 1.58. The number of aryl methyl sites for hydroxylation is 1. The summed E-state index contributed by atoms with van der Waals surface area (Å²) in [4.78, 5) is 17.3. The van der Waals surface area contributed by atoms with Crippen LogP contribution in [0.4, 0.5) is 0 Å². The molecule has 1 aliphatic heterocycles. The molecule has 0 spiro atoms. The van der Waals surface area contributed by atoms with Gasteiger partial charge in [0.15, 0.2) is 0 Å². The molecule has 2 aromatic heterocycles. The number of benzene rings is 1. The predicted octanol–water partition coefficient (Wildman–Crippen LogP) is 1.96. The van der Waals surface area contributed by atoms with Gasteiger partial charge in [-0.25, -0.2) is 0 Å². The molecule has 2 N–H and O–H groups in total. The number of fused-ring (bicyclic) bond motifs is 1. The van der Waals surface area contributed by atoms with Crippen molar-refractivity contribution in [2.75, 3.05) is 7.05 Å². The van der Waals surface area contributed by atoms with Crippen molar-refractivity contribution < 1.29 is 4.79 Å². The lowest BCUT2D eigenvalue weighted by atomic mass is 10.0. The van der Waals surface area contributed by atoms with Gasteiger partial charge in [-0.3, -0.25) is 9.48 Å². The minimum Gasteiger partial charge on any atom is -0.361 e. The van der Waals surface area contributed by atoms with Gasteiger partial charge in [-0.1, -0.05) is 12.1 Å². The van der Waals surface area contributed by atoms with E-state index >= 15 is 0 Å². The van der Waals surface area contributed by atoms with Gasteiger partial charge in [0.2, 0.25) is 5.91 Å². The van der Waals surface area contributed by atoms with Gasteiger partial charge in [0.05, 0.1) is 11.7 Å². The molecule has 0 bridgehead atoms. The van der Waals surface area contributed by atoms with Crippen LogP contribution in [0.2, 0.25) is 0 Å². The van der Waals surface area contributed by atoms with Crippen molar-refractivity contribution in [3.63, 3.8) is 0 Å². The number of hydrogen-bond acceptors (Lipinski definition) is 3. The average molecular weight is 323 g/mol. The molecular formula is C18H21N5O. The molecule has 24 heavy (non-hydrogen) atoms. The van der Waals surface area contributed by atoms with Crippen LogP contribution in [0.15, 0.2) is 42.7 Å². The summed E-state index contributed by atoms with van der Waals surface area (Å²) in [6, 6.07) is 10.4. The second-order valence-corrected chi connectivity index (χ2v) is 6.38. The number of H-pyrrole nitrogens is 1. The molecule has 4 rings (SSSR count). The lowest BCUT2D eigenvalue weighted by Gasteiger charge is -2.26. The average Bonchev–Trinajstić information content (AvgIpc) is 3.26. The summed E-state index contributed by atoms with van der Waals surface area (Å²) in [6.45, 7) is 0.731. The molecule has 3 aromatic rings. The second-order valence-electron chi connectivity index (χ2n) is 6.38. The van der Waals surface area contributed by atoms with E-state index in [2.05, 4.69) is 39.7 Å². The fourth-order valence-electron chi connectivity index (χ4n) is 3.68. The molecule has 1 saturated heterocycles. The number of carbonyl (C=O) groups is 1. The largest absolute Gasteiger partial charge is 0.361 e. The zero-order chi connectivity index (χ0) is 16.7. The number of amides is 1. The number of carbonyl (C=O) groups excluding carboxylic acids is 1. The maximum atomic E-state index is 12.2. The highest BCUT2D eigenvalue weighted by atomic mass is 16.2. The molecular weight excluding hydrogens is 302 g/mol. The van der Waals surface area contributed by atoms with Gasteiger partial charge in [-0.2, -0.15) is 5.10 Å². The molecule has 6 heteroatoms. The Hall–Kier alpha value is -2.60. The smallest absolute Gasteiger partial charge is 0.224 e. The van der Waals surface area contributed by atoms with Gasteiger partial charge in [0, 0.05) is 56.4 Å². The lowest BCUT2D eigenvalue weighted by molar-refractivity contribution is -0.127. The Labute approximate surface area is 140 Å². The van der Waals surface area contributed by atoms with Crippen LogP contribution in [0.5, 0.6) is 0 Å². The monoisotopic (exact) mass is 323 g/mol. The van der Waals surface area contributed by atoms with E-state index in [1.54, 1.807) is 6.20 Å². The molecule has 1 aliphatic rings. The third-order valence-electron chi connectivity index (χ3n) is 4.99. The summed E-state index contributed by atoms with van der Waals surface area (Å²) in [5, 5.41) is 9.06. The Bertz CT molecular complexity index is 880. The van der Waals surface area contributed by atoms with Gasteiger partial charge < -0.3 is 15.2 Å². The summed E-state index contributed by atoms with van der Waals surface area (Å²) in [6.07, 6.45) is 4.25. The van der Waals surface area contributed by atoms with E-state index in [1.807, 2.05) is 35.9 Å². The predicted molar refractivity (Wildman–Crippen MR) is 92.3 cm³/mol. The summed E-state index contributed by atoms with van der Waals surface area (Å²) in [5.41, 5.74) is 3.43. The van der Waals surface area contributed by atoms with Crippen molar-refractivity contribution in [1.82, 2.24) is 25.0 Å². The minimum atomic E-state index is 0.00966. The first-order chi connectivity index (χ1) is 11.6. The Morgan fingerprint density at radius 1 is 1.29 bits per heavy atom. The second kappa shape index (κ2) is 5.79. The summed E-state index contributed by atoms with van der Waals surface area (Å²) >= 11 is 0. The standard InChI is InChI=1S/C18H21N5O/c1-22-17(24)10-15(18(22)16-7-9-21-23(16)2)20-11-12-4-3-5-14-13(12)6-8-19-14/h3-9,15,18-20H,10-11H2,1-2H3/t15-,18-/m1/s1. The molecule has 0 radical (unpaired) electrons. The van der Waals surface area contributed by atoms with Crippen LogP contribution in [-0.2, 0) is 18.4 Å². The number of hydrogen-bond donors (Lipinski definition) is 2. The fourth-order valence-corrected chi connectivity index (χ4v) is 3.68. The Morgan fingerprint density at radius 3 is 2.96 bits per heavy atom. The molecule has 0 aliphatic carbocycles. The molecule has 1 fully saturated rings. The molecule has 3 heterocycles. The number of nitrogens with zero attached hydrogens (tertiary/aromatic N) is 3. The minimum absolute atomic E-state index is 0.00966. The first-order valence-corrected chi connectivity index (χ1v) is 8.17. The fraction of sp³-hybridized carbons (Fsp3) is 0.333. The van der Waals surface area contributed by atoms with Crippen LogP contribution >= 0.6 is 0 Å². The van der Waals surface area contributed by atoms with E-state index in [4.69, 9.17) is 0 Å². The quantitative estimate of drug-likeness (QED) is 0.771. The topological polar surface area (TPSA) is 66.0 Å². The van der Waals surface area contributed by atoms with Gasteiger partial charge in [-0.05, 0) is 23.8 Å². The van der Waals surface area contributed by atoms with Crippen molar-refractivity contribution in [2.45, 2.75) is 25.0 Å². The molecule has 0 saturated carbocycles. The van der Waals surface area contributed by atoms with E-state index in [-0.39, 0.29) is 18.0 Å². The highest BCUT2D eigenvalue weighted by Crippen LogP contribution is 2.32.